The molecule has 1 aromatic heterocycles. The number of fused-ring (bicyclic) bond motifs is 1. The van der Waals surface area contributed by atoms with Crippen molar-refractivity contribution >= 4 is 12.3 Å². The Hall–Kier alpha value is -3.72. The van der Waals surface area contributed by atoms with Gasteiger partial charge >= 0.3 is 6.09 Å². The predicted molar refractivity (Wildman–Crippen MR) is 126 cm³/mol. The summed E-state index contributed by atoms with van der Waals surface area (Å²) in [5.74, 6) is 0.951. The van der Waals surface area contributed by atoms with E-state index in [1.807, 2.05) is 38.1 Å². The summed E-state index contributed by atoms with van der Waals surface area (Å²) in [6.07, 6.45) is 6.93. The lowest BCUT2D eigenvalue weighted by atomic mass is 10.0. The summed E-state index contributed by atoms with van der Waals surface area (Å²) in [5.41, 5.74) is 3.65. The minimum absolute atomic E-state index is 0.140. The summed E-state index contributed by atoms with van der Waals surface area (Å²) < 4.78 is 13.2. The zero-order valence-corrected chi connectivity index (χ0v) is 19.1. The Kier molecular flexibility index (Phi) is 5.79. The summed E-state index contributed by atoms with van der Waals surface area (Å²) in [7, 11) is 0. The van der Waals surface area contributed by atoms with Crippen molar-refractivity contribution in [2.24, 2.45) is 4.99 Å². The van der Waals surface area contributed by atoms with Gasteiger partial charge in [0.15, 0.2) is 6.23 Å². The molecule has 1 saturated heterocycles. The van der Waals surface area contributed by atoms with Crippen molar-refractivity contribution in [2.75, 3.05) is 6.61 Å². The van der Waals surface area contributed by atoms with E-state index >= 15 is 0 Å². The smallest absolute Gasteiger partial charge is 0.411 e. The fraction of sp³-hybridized carbons (Fsp3) is 0.360. The van der Waals surface area contributed by atoms with Gasteiger partial charge in [0.1, 0.15) is 5.75 Å². The van der Waals surface area contributed by atoms with Gasteiger partial charge in [-0.3, -0.25) is 9.69 Å². The van der Waals surface area contributed by atoms with E-state index in [4.69, 9.17) is 9.47 Å². The van der Waals surface area contributed by atoms with Gasteiger partial charge in [0, 0.05) is 42.1 Å². The number of carboxylic acid groups (broad SMARTS) is 1. The molecule has 4 heterocycles. The zero-order chi connectivity index (χ0) is 23.8. The van der Waals surface area contributed by atoms with Crippen molar-refractivity contribution in [2.45, 2.75) is 51.8 Å². The average molecular weight is 463 g/mol. The topological polar surface area (TPSA) is 106 Å². The molecule has 1 N–H and O–H groups in total. The number of hydrogen-bond donors (Lipinski definition) is 1. The van der Waals surface area contributed by atoms with Crippen LogP contribution in [-0.2, 0) is 4.74 Å². The van der Waals surface area contributed by atoms with Crippen LogP contribution in [0.2, 0.25) is 0 Å². The Bertz CT molecular complexity index is 1270. The van der Waals surface area contributed by atoms with Gasteiger partial charge < -0.3 is 14.6 Å². The lowest BCUT2D eigenvalue weighted by molar-refractivity contribution is -0.0428. The van der Waals surface area contributed by atoms with E-state index in [9.17, 15) is 14.7 Å². The monoisotopic (exact) mass is 462 g/mol. The maximum absolute atomic E-state index is 13.0. The molecule has 2 unspecified atom stereocenters. The largest absolute Gasteiger partial charge is 0.465 e. The van der Waals surface area contributed by atoms with Crippen LogP contribution in [0, 0.1) is 13.8 Å². The SMILES string of the molecule is Cc1nn(C2CCCCO2)c(=O)c(C)c1-c1ccc(OC2=C3C=CN(C(=O)O)C3CC=N2)cc1. The highest BCUT2D eigenvalue weighted by molar-refractivity contribution is 5.73. The highest BCUT2D eigenvalue weighted by Crippen LogP contribution is 2.32. The number of carbonyl (C=O) groups is 1. The maximum atomic E-state index is 13.0. The van der Waals surface area contributed by atoms with E-state index in [2.05, 4.69) is 10.1 Å². The quantitative estimate of drug-likeness (QED) is 0.731. The number of rotatable bonds is 4. The number of amides is 1. The predicted octanol–water partition coefficient (Wildman–Crippen LogP) is 4.17. The van der Waals surface area contributed by atoms with Gasteiger partial charge in [-0.1, -0.05) is 12.1 Å². The highest BCUT2D eigenvalue weighted by atomic mass is 16.5. The van der Waals surface area contributed by atoms with Crippen molar-refractivity contribution in [1.82, 2.24) is 14.7 Å². The molecule has 0 bridgehead atoms. The number of aromatic nitrogens is 2. The van der Waals surface area contributed by atoms with Crippen molar-refractivity contribution in [3.63, 3.8) is 0 Å². The van der Waals surface area contributed by atoms with Crippen LogP contribution in [0.15, 0.2) is 57.8 Å². The minimum Gasteiger partial charge on any atom is -0.465 e. The van der Waals surface area contributed by atoms with E-state index in [1.54, 1.807) is 12.3 Å². The second-order valence-corrected chi connectivity index (χ2v) is 8.61. The van der Waals surface area contributed by atoms with E-state index < -0.39 is 6.09 Å². The third-order valence-electron chi connectivity index (χ3n) is 6.42. The number of benzene rings is 1. The zero-order valence-electron chi connectivity index (χ0n) is 19.1. The molecule has 5 rings (SSSR count). The van der Waals surface area contributed by atoms with E-state index in [0.29, 0.717) is 30.2 Å². The van der Waals surface area contributed by atoms with Crippen molar-refractivity contribution in [1.29, 1.82) is 0 Å². The molecule has 176 valence electrons. The van der Waals surface area contributed by atoms with E-state index in [1.165, 1.54) is 15.8 Å². The Morgan fingerprint density at radius 3 is 2.71 bits per heavy atom. The molecule has 0 saturated carbocycles. The van der Waals surface area contributed by atoms with Crippen LogP contribution in [0.5, 0.6) is 5.75 Å². The first-order valence-corrected chi connectivity index (χ1v) is 11.4. The molecular formula is C25H26N4O5. The molecular weight excluding hydrogens is 436 g/mol. The third kappa shape index (κ3) is 3.92. The fourth-order valence-corrected chi connectivity index (χ4v) is 4.72. The number of hydrogen-bond acceptors (Lipinski definition) is 6. The Morgan fingerprint density at radius 2 is 2.00 bits per heavy atom. The molecule has 0 aliphatic carbocycles. The van der Waals surface area contributed by atoms with E-state index in [0.717, 1.165) is 41.7 Å². The molecule has 2 atom stereocenters. The first-order chi connectivity index (χ1) is 16.4. The Morgan fingerprint density at radius 1 is 1.21 bits per heavy atom. The van der Waals surface area contributed by atoms with Crippen LogP contribution in [-0.4, -0.2) is 44.7 Å². The number of aliphatic imine (C=N–C) groups is 1. The molecule has 0 radical (unpaired) electrons. The molecule has 0 spiro atoms. The summed E-state index contributed by atoms with van der Waals surface area (Å²) in [4.78, 5) is 30.0. The molecule has 34 heavy (non-hydrogen) atoms. The molecule has 9 heteroatoms. The summed E-state index contributed by atoms with van der Waals surface area (Å²) in [5, 5.41) is 13.9. The van der Waals surface area contributed by atoms with Gasteiger partial charge in [0.25, 0.3) is 5.56 Å². The number of aryl methyl sites for hydroxylation is 1. The minimum atomic E-state index is -1.01. The maximum Gasteiger partial charge on any atom is 0.411 e. The number of nitrogens with zero attached hydrogens (tertiary/aromatic N) is 4. The molecule has 1 aromatic carbocycles. The third-order valence-corrected chi connectivity index (χ3v) is 6.42. The van der Waals surface area contributed by atoms with Gasteiger partial charge in [-0.05, 0) is 56.9 Å². The average Bonchev–Trinajstić information content (AvgIpc) is 3.29. The second kappa shape index (κ2) is 8.90. The number of ether oxygens (including phenoxy) is 2. The highest BCUT2D eigenvalue weighted by Gasteiger charge is 2.33. The van der Waals surface area contributed by atoms with Gasteiger partial charge in [-0.25, -0.2) is 14.5 Å². The van der Waals surface area contributed by atoms with Crippen LogP contribution in [0.1, 0.15) is 43.2 Å². The fourth-order valence-electron chi connectivity index (χ4n) is 4.72. The second-order valence-electron chi connectivity index (χ2n) is 8.61. The lowest BCUT2D eigenvalue weighted by Crippen LogP contribution is -2.34. The molecule has 1 amide bonds. The van der Waals surface area contributed by atoms with Gasteiger partial charge in [-0.2, -0.15) is 5.10 Å². The Balaban J connectivity index is 1.40. The van der Waals surface area contributed by atoms with Crippen molar-refractivity contribution in [3.05, 3.63) is 69.6 Å². The molecule has 2 aromatic rings. The van der Waals surface area contributed by atoms with Gasteiger partial charge in [0.2, 0.25) is 5.88 Å². The van der Waals surface area contributed by atoms with Crippen molar-refractivity contribution in [3.8, 4) is 16.9 Å². The van der Waals surface area contributed by atoms with Crippen LogP contribution < -0.4 is 10.3 Å². The van der Waals surface area contributed by atoms with Crippen molar-refractivity contribution < 1.29 is 19.4 Å². The van der Waals surface area contributed by atoms with E-state index in [-0.39, 0.29) is 17.8 Å². The standard InChI is InChI=1S/C25H26N4O5/c1-15-22(16(2)27-29(24(15)30)21-5-3-4-14-33-21)17-6-8-18(9-7-17)34-23-19-11-13-28(25(31)32)20(19)10-12-26-23/h6-9,11-13,20-21H,3-5,10,14H2,1-2H3,(H,31,32). The first-order valence-electron chi connectivity index (χ1n) is 11.4. The molecule has 9 nitrogen and oxygen atoms in total. The summed E-state index contributed by atoms with van der Waals surface area (Å²) >= 11 is 0. The summed E-state index contributed by atoms with van der Waals surface area (Å²) in [6.45, 7) is 4.36. The first kappa shape index (κ1) is 22.1. The normalized spacial score (nSPS) is 21.6. The Labute approximate surface area is 196 Å². The van der Waals surface area contributed by atoms with Crippen LogP contribution in [0.25, 0.3) is 11.1 Å². The molecule has 1 fully saturated rings. The van der Waals surface area contributed by atoms with Crippen LogP contribution >= 0.6 is 0 Å². The van der Waals surface area contributed by atoms with Gasteiger partial charge in [0.05, 0.1) is 11.7 Å². The lowest BCUT2D eigenvalue weighted by Gasteiger charge is -2.25. The summed E-state index contributed by atoms with van der Waals surface area (Å²) in [6, 6.07) is 7.07. The van der Waals surface area contributed by atoms with Gasteiger partial charge in [-0.15, -0.1) is 0 Å². The molecule has 3 aliphatic heterocycles. The van der Waals surface area contributed by atoms with Crippen LogP contribution in [0.4, 0.5) is 4.79 Å². The molecule has 3 aliphatic rings. The van der Waals surface area contributed by atoms with Crippen LogP contribution in [0.3, 0.4) is 0 Å².